The van der Waals surface area contributed by atoms with Crippen LogP contribution in [0.1, 0.15) is 27.2 Å². The van der Waals surface area contributed by atoms with E-state index in [2.05, 4.69) is 22.2 Å². The lowest BCUT2D eigenvalue weighted by molar-refractivity contribution is -0.122. The minimum Gasteiger partial charge on any atom is -0.444 e. The molecule has 1 aliphatic rings. The minimum absolute atomic E-state index is 0.0173. The second-order valence-electron chi connectivity index (χ2n) is 7.18. The first kappa shape index (κ1) is 19.7. The van der Waals surface area contributed by atoms with Crippen molar-refractivity contribution in [1.29, 1.82) is 0 Å². The summed E-state index contributed by atoms with van der Waals surface area (Å²) in [6.07, 6.45) is 0.441. The lowest BCUT2D eigenvalue weighted by atomic mass is 10.2. The summed E-state index contributed by atoms with van der Waals surface area (Å²) in [4.78, 5) is 29.6. The van der Waals surface area contributed by atoms with Gasteiger partial charge in [-0.2, -0.15) is 0 Å². The first-order chi connectivity index (χ1) is 10.7. The van der Waals surface area contributed by atoms with Gasteiger partial charge in [-0.15, -0.1) is 0 Å². The Hall–Kier alpha value is -1.34. The fourth-order valence-corrected chi connectivity index (χ4v) is 2.28. The number of nitrogens with one attached hydrogen (secondary N) is 1. The number of rotatable bonds is 6. The fraction of sp³-hybridized carbons (Fsp3) is 0.875. The van der Waals surface area contributed by atoms with Crippen molar-refractivity contribution in [2.45, 2.75) is 32.8 Å². The average Bonchev–Trinajstić information content (AvgIpc) is 2.43. The van der Waals surface area contributed by atoms with Gasteiger partial charge in [-0.05, 0) is 40.8 Å². The topological polar surface area (TPSA) is 65.1 Å². The second-order valence-corrected chi connectivity index (χ2v) is 7.18. The van der Waals surface area contributed by atoms with Crippen molar-refractivity contribution in [2.24, 2.45) is 0 Å². The van der Waals surface area contributed by atoms with Gasteiger partial charge in [0.15, 0.2) is 0 Å². The van der Waals surface area contributed by atoms with Gasteiger partial charge in [0, 0.05) is 39.8 Å². The van der Waals surface area contributed by atoms with Gasteiger partial charge in [-0.1, -0.05) is 0 Å². The van der Waals surface area contributed by atoms with E-state index in [1.54, 1.807) is 27.8 Å². The molecule has 0 unspecified atom stereocenters. The van der Waals surface area contributed by atoms with Crippen LogP contribution in [-0.4, -0.2) is 92.2 Å². The SMILES string of the molecule is CN1CCN(CCCNC(=O)CN(C)C(=O)OC(C)(C)C)CC1. The molecule has 134 valence electrons. The molecule has 1 fully saturated rings. The van der Waals surface area contributed by atoms with Gasteiger partial charge in [0.1, 0.15) is 12.1 Å². The van der Waals surface area contributed by atoms with Crippen molar-refractivity contribution in [3.05, 3.63) is 0 Å². The molecule has 1 N–H and O–H groups in total. The fourth-order valence-electron chi connectivity index (χ4n) is 2.28. The standard InChI is InChI=1S/C16H32N4O3/c1-16(2,3)23-15(22)19(5)13-14(21)17-7-6-8-20-11-9-18(4)10-12-20/h6-13H2,1-5H3,(H,17,21). The van der Waals surface area contributed by atoms with Crippen LogP contribution in [0.5, 0.6) is 0 Å². The third-order valence-corrected chi connectivity index (χ3v) is 3.66. The lowest BCUT2D eigenvalue weighted by Gasteiger charge is -2.32. The van der Waals surface area contributed by atoms with Crippen molar-refractivity contribution >= 4 is 12.0 Å². The van der Waals surface area contributed by atoms with Crippen LogP contribution in [0, 0.1) is 0 Å². The molecule has 23 heavy (non-hydrogen) atoms. The molecule has 2 amide bonds. The molecule has 1 aliphatic heterocycles. The quantitative estimate of drug-likeness (QED) is 0.724. The Morgan fingerprint density at radius 3 is 2.35 bits per heavy atom. The molecule has 7 nitrogen and oxygen atoms in total. The van der Waals surface area contributed by atoms with Crippen LogP contribution in [0.2, 0.25) is 0 Å². The predicted molar refractivity (Wildman–Crippen MR) is 90.4 cm³/mol. The lowest BCUT2D eigenvalue weighted by Crippen LogP contribution is -2.45. The van der Waals surface area contributed by atoms with Crippen molar-refractivity contribution in [1.82, 2.24) is 20.0 Å². The summed E-state index contributed by atoms with van der Waals surface area (Å²) < 4.78 is 5.21. The molecule has 0 bridgehead atoms. The normalized spacial score (nSPS) is 16.9. The maximum absolute atomic E-state index is 11.8. The summed E-state index contributed by atoms with van der Waals surface area (Å²) in [6, 6.07) is 0. The van der Waals surface area contributed by atoms with Gasteiger partial charge in [-0.3, -0.25) is 4.79 Å². The number of amides is 2. The third kappa shape index (κ3) is 8.76. The van der Waals surface area contributed by atoms with Gasteiger partial charge in [0.05, 0.1) is 0 Å². The molecular weight excluding hydrogens is 296 g/mol. The van der Waals surface area contributed by atoms with Crippen LogP contribution in [0.4, 0.5) is 4.79 Å². The summed E-state index contributed by atoms with van der Waals surface area (Å²) >= 11 is 0. The van der Waals surface area contributed by atoms with E-state index >= 15 is 0 Å². The molecule has 0 aliphatic carbocycles. The van der Waals surface area contributed by atoms with Gasteiger partial charge >= 0.3 is 6.09 Å². The molecule has 0 radical (unpaired) electrons. The van der Waals surface area contributed by atoms with Gasteiger partial charge in [0.2, 0.25) is 5.91 Å². The summed E-state index contributed by atoms with van der Waals surface area (Å²) in [5.74, 6) is -0.156. The number of piperazine rings is 1. The molecule has 0 spiro atoms. The van der Waals surface area contributed by atoms with Crippen molar-refractivity contribution < 1.29 is 14.3 Å². The number of hydrogen-bond donors (Lipinski definition) is 1. The molecular formula is C16H32N4O3. The van der Waals surface area contributed by atoms with E-state index in [0.717, 1.165) is 39.1 Å². The van der Waals surface area contributed by atoms with E-state index in [-0.39, 0.29) is 12.5 Å². The number of carbonyl (C=O) groups is 2. The van der Waals surface area contributed by atoms with Gasteiger partial charge < -0.3 is 24.8 Å². The van der Waals surface area contributed by atoms with Crippen LogP contribution in [0.15, 0.2) is 0 Å². The zero-order valence-corrected chi connectivity index (χ0v) is 15.2. The first-order valence-corrected chi connectivity index (χ1v) is 8.29. The van der Waals surface area contributed by atoms with Crippen molar-refractivity contribution in [2.75, 3.05) is 59.9 Å². The van der Waals surface area contributed by atoms with Crippen LogP contribution in [0.25, 0.3) is 0 Å². The van der Waals surface area contributed by atoms with E-state index in [9.17, 15) is 9.59 Å². The van der Waals surface area contributed by atoms with Crippen molar-refractivity contribution in [3.8, 4) is 0 Å². The van der Waals surface area contributed by atoms with E-state index in [1.165, 1.54) is 4.90 Å². The largest absolute Gasteiger partial charge is 0.444 e. The Morgan fingerprint density at radius 1 is 1.17 bits per heavy atom. The molecule has 0 atom stereocenters. The van der Waals surface area contributed by atoms with Gasteiger partial charge in [0.25, 0.3) is 0 Å². The number of nitrogens with zero attached hydrogens (tertiary/aromatic N) is 3. The van der Waals surface area contributed by atoms with Crippen LogP contribution >= 0.6 is 0 Å². The molecule has 1 heterocycles. The predicted octanol–water partition coefficient (Wildman–Crippen LogP) is 0.607. The highest BCUT2D eigenvalue weighted by molar-refractivity contribution is 5.82. The van der Waals surface area contributed by atoms with Crippen LogP contribution in [0.3, 0.4) is 0 Å². The zero-order valence-electron chi connectivity index (χ0n) is 15.2. The molecule has 1 saturated heterocycles. The van der Waals surface area contributed by atoms with E-state index in [4.69, 9.17) is 4.74 Å². The molecule has 7 heteroatoms. The Labute approximate surface area is 139 Å². The summed E-state index contributed by atoms with van der Waals surface area (Å²) in [5.41, 5.74) is -0.551. The molecule has 0 aromatic rings. The number of ether oxygens (including phenoxy) is 1. The zero-order chi connectivity index (χ0) is 17.5. The molecule has 1 rings (SSSR count). The highest BCUT2D eigenvalue weighted by Crippen LogP contribution is 2.08. The Bertz CT molecular complexity index is 387. The van der Waals surface area contributed by atoms with Crippen LogP contribution in [-0.2, 0) is 9.53 Å². The van der Waals surface area contributed by atoms with Crippen LogP contribution < -0.4 is 5.32 Å². The highest BCUT2D eigenvalue weighted by atomic mass is 16.6. The number of hydrogen-bond acceptors (Lipinski definition) is 5. The number of carbonyl (C=O) groups excluding carboxylic acids is 2. The third-order valence-electron chi connectivity index (χ3n) is 3.66. The first-order valence-electron chi connectivity index (χ1n) is 8.29. The highest BCUT2D eigenvalue weighted by Gasteiger charge is 2.21. The second kappa shape index (κ2) is 9.08. The summed E-state index contributed by atoms with van der Waals surface area (Å²) in [7, 11) is 3.70. The monoisotopic (exact) mass is 328 g/mol. The Balaban J connectivity index is 2.13. The maximum atomic E-state index is 11.8. The Kier molecular flexibility index (Phi) is 7.78. The van der Waals surface area contributed by atoms with E-state index < -0.39 is 11.7 Å². The van der Waals surface area contributed by atoms with E-state index in [1.807, 2.05) is 0 Å². The summed E-state index contributed by atoms with van der Waals surface area (Å²) in [5, 5.41) is 2.85. The number of likely N-dealkylation sites (N-methyl/N-ethyl adjacent to an activating group) is 2. The molecule has 0 aromatic carbocycles. The van der Waals surface area contributed by atoms with Gasteiger partial charge in [-0.25, -0.2) is 4.79 Å². The van der Waals surface area contributed by atoms with E-state index in [0.29, 0.717) is 6.54 Å². The molecule has 0 aromatic heterocycles. The summed E-state index contributed by atoms with van der Waals surface area (Å²) in [6.45, 7) is 11.4. The average molecular weight is 328 g/mol. The Morgan fingerprint density at radius 2 is 1.78 bits per heavy atom. The minimum atomic E-state index is -0.551. The smallest absolute Gasteiger partial charge is 0.410 e. The van der Waals surface area contributed by atoms with Crippen molar-refractivity contribution in [3.63, 3.8) is 0 Å². The maximum Gasteiger partial charge on any atom is 0.410 e. The molecule has 0 saturated carbocycles.